The summed E-state index contributed by atoms with van der Waals surface area (Å²) < 4.78 is 4.75. The molecule has 0 aliphatic heterocycles. The third kappa shape index (κ3) is 7.11. The highest BCUT2D eigenvalue weighted by atomic mass is 32.2. The number of hydrogen-bond acceptors (Lipinski definition) is 5. The molecule has 1 amide bonds. The van der Waals surface area contributed by atoms with Crippen molar-refractivity contribution in [3.8, 4) is 0 Å². The molecule has 6 heteroatoms. The number of hydrogen-bond donors (Lipinski definition) is 1. The number of Topliss-reactive ketones (excluding diaryl/α,β-unsaturated/α-hetero) is 1. The molecule has 0 radical (unpaired) electrons. The van der Waals surface area contributed by atoms with Crippen molar-refractivity contribution in [2.75, 3.05) is 17.7 Å². The molecule has 0 saturated heterocycles. The van der Waals surface area contributed by atoms with E-state index in [0.717, 1.165) is 10.5 Å². The zero-order chi connectivity index (χ0) is 18.8. The average Bonchev–Trinajstić information content (AvgIpc) is 2.62. The number of benzene rings is 2. The lowest BCUT2D eigenvalue weighted by Crippen LogP contribution is -2.14. The van der Waals surface area contributed by atoms with E-state index >= 15 is 0 Å². The largest absolute Gasteiger partial charge is 0.466 e. The van der Waals surface area contributed by atoms with Crippen LogP contribution in [0, 0.1) is 0 Å². The quantitative estimate of drug-likeness (QED) is 0.415. The van der Waals surface area contributed by atoms with Gasteiger partial charge in [-0.05, 0) is 36.8 Å². The van der Waals surface area contributed by atoms with Crippen molar-refractivity contribution < 1.29 is 19.1 Å². The summed E-state index contributed by atoms with van der Waals surface area (Å²) in [7, 11) is 0. The van der Waals surface area contributed by atoms with Crippen LogP contribution in [-0.4, -0.2) is 30.0 Å². The number of ether oxygens (including phenoxy) is 1. The Hall–Kier alpha value is -2.60. The molecule has 0 heterocycles. The molecule has 136 valence electrons. The van der Waals surface area contributed by atoms with E-state index in [4.69, 9.17) is 4.74 Å². The molecule has 0 aliphatic carbocycles. The highest BCUT2D eigenvalue weighted by molar-refractivity contribution is 8.00. The summed E-state index contributed by atoms with van der Waals surface area (Å²) in [5.41, 5.74) is 1.66. The summed E-state index contributed by atoms with van der Waals surface area (Å²) >= 11 is 1.35. The predicted molar refractivity (Wildman–Crippen MR) is 102 cm³/mol. The van der Waals surface area contributed by atoms with Crippen LogP contribution in [0.2, 0.25) is 0 Å². The summed E-state index contributed by atoms with van der Waals surface area (Å²) in [5.74, 6) is -0.539. The molecule has 0 saturated carbocycles. The number of amides is 1. The molecule has 0 spiro atoms. The number of rotatable bonds is 9. The molecule has 0 aliphatic rings. The van der Waals surface area contributed by atoms with Crippen LogP contribution in [0.25, 0.3) is 0 Å². The highest BCUT2D eigenvalue weighted by Gasteiger charge is 2.11. The Morgan fingerprint density at radius 3 is 2.35 bits per heavy atom. The maximum Gasteiger partial charge on any atom is 0.313 e. The highest BCUT2D eigenvalue weighted by Crippen LogP contribution is 2.21. The van der Waals surface area contributed by atoms with Gasteiger partial charge in [-0.25, -0.2) is 0 Å². The Morgan fingerprint density at radius 2 is 1.69 bits per heavy atom. The van der Waals surface area contributed by atoms with E-state index in [-0.39, 0.29) is 30.5 Å². The lowest BCUT2D eigenvalue weighted by molar-refractivity contribution is -0.145. The smallest absolute Gasteiger partial charge is 0.313 e. The Bertz CT molecular complexity index is 744. The van der Waals surface area contributed by atoms with Crippen molar-refractivity contribution in [2.45, 2.75) is 24.7 Å². The first kappa shape index (κ1) is 19.7. The molecule has 0 aromatic heterocycles. The number of thioether (sulfide) groups is 1. The van der Waals surface area contributed by atoms with E-state index in [1.807, 2.05) is 42.5 Å². The minimum Gasteiger partial charge on any atom is -0.466 e. The van der Waals surface area contributed by atoms with Gasteiger partial charge in [0.15, 0.2) is 5.78 Å². The van der Waals surface area contributed by atoms with Crippen LogP contribution in [0.1, 0.15) is 18.9 Å². The van der Waals surface area contributed by atoms with Crippen molar-refractivity contribution in [1.29, 1.82) is 0 Å². The Balaban J connectivity index is 1.78. The molecule has 1 N–H and O–H groups in total. The summed E-state index contributed by atoms with van der Waals surface area (Å²) in [6, 6.07) is 16.8. The van der Waals surface area contributed by atoms with E-state index < -0.39 is 5.97 Å². The van der Waals surface area contributed by atoms with Gasteiger partial charge >= 0.3 is 5.97 Å². The maximum absolute atomic E-state index is 12.0. The monoisotopic (exact) mass is 371 g/mol. The van der Waals surface area contributed by atoms with Crippen LogP contribution in [0.15, 0.2) is 59.5 Å². The number of nitrogens with one attached hydrogen (secondary N) is 1. The van der Waals surface area contributed by atoms with E-state index in [1.54, 1.807) is 19.1 Å². The second-order valence-electron chi connectivity index (χ2n) is 5.54. The third-order valence-corrected chi connectivity index (χ3v) is 4.46. The first-order valence-electron chi connectivity index (χ1n) is 8.30. The number of carbonyl (C=O) groups is 3. The second-order valence-corrected chi connectivity index (χ2v) is 6.59. The molecule has 0 fully saturated rings. The van der Waals surface area contributed by atoms with Crippen molar-refractivity contribution in [2.24, 2.45) is 0 Å². The van der Waals surface area contributed by atoms with Gasteiger partial charge in [0.1, 0.15) is 6.42 Å². The zero-order valence-electron chi connectivity index (χ0n) is 14.6. The number of anilines is 1. The Morgan fingerprint density at radius 1 is 1.00 bits per heavy atom. The summed E-state index contributed by atoms with van der Waals surface area (Å²) in [4.78, 5) is 35.9. The fourth-order valence-corrected chi connectivity index (χ4v) is 2.97. The van der Waals surface area contributed by atoms with Crippen molar-refractivity contribution in [3.05, 3.63) is 60.2 Å². The number of carbonyl (C=O) groups excluding carboxylic acids is 3. The van der Waals surface area contributed by atoms with Gasteiger partial charge in [-0.15, -0.1) is 11.8 Å². The van der Waals surface area contributed by atoms with E-state index in [1.165, 1.54) is 11.8 Å². The van der Waals surface area contributed by atoms with Crippen LogP contribution in [0.3, 0.4) is 0 Å². The topological polar surface area (TPSA) is 72.5 Å². The molecular formula is C20H21NO4S. The van der Waals surface area contributed by atoms with Crippen molar-refractivity contribution in [3.63, 3.8) is 0 Å². The standard InChI is InChI=1S/C20H21NO4S/c1-2-25-20(24)13-17(22)14-26-18-10-8-16(9-11-18)21-19(23)12-15-6-4-3-5-7-15/h3-11H,2,12-14H2,1H3,(H,21,23). The SMILES string of the molecule is CCOC(=O)CC(=O)CSc1ccc(NC(=O)Cc2ccccc2)cc1. The lowest BCUT2D eigenvalue weighted by atomic mass is 10.1. The fourth-order valence-electron chi connectivity index (χ4n) is 2.21. The van der Waals surface area contributed by atoms with E-state index in [9.17, 15) is 14.4 Å². The molecule has 2 aromatic rings. The summed E-state index contributed by atoms with van der Waals surface area (Å²) in [6.07, 6.45) is 0.119. The Labute approximate surface area is 157 Å². The molecule has 2 rings (SSSR count). The van der Waals surface area contributed by atoms with Crippen LogP contribution in [0.5, 0.6) is 0 Å². The lowest BCUT2D eigenvalue weighted by Gasteiger charge is -2.07. The van der Waals surface area contributed by atoms with Crippen LogP contribution < -0.4 is 5.32 Å². The van der Waals surface area contributed by atoms with Gasteiger partial charge in [0.05, 0.1) is 18.8 Å². The van der Waals surface area contributed by atoms with Gasteiger partial charge in [0, 0.05) is 10.6 Å². The molecule has 2 aromatic carbocycles. The molecular weight excluding hydrogens is 350 g/mol. The van der Waals surface area contributed by atoms with Gasteiger partial charge in [-0.2, -0.15) is 0 Å². The van der Waals surface area contributed by atoms with Gasteiger partial charge in [0.2, 0.25) is 5.91 Å². The fraction of sp³-hybridized carbons (Fsp3) is 0.250. The zero-order valence-corrected chi connectivity index (χ0v) is 15.4. The summed E-state index contributed by atoms with van der Waals surface area (Å²) in [6.45, 7) is 1.98. The molecule has 5 nitrogen and oxygen atoms in total. The normalized spacial score (nSPS) is 10.2. The average molecular weight is 371 g/mol. The Kier molecular flexibility index (Phi) is 7.89. The first-order chi connectivity index (χ1) is 12.6. The number of ketones is 1. The van der Waals surface area contributed by atoms with Gasteiger partial charge in [-0.1, -0.05) is 30.3 Å². The molecule has 0 atom stereocenters. The first-order valence-corrected chi connectivity index (χ1v) is 9.29. The minimum atomic E-state index is -0.491. The predicted octanol–water partition coefficient (Wildman–Crippen LogP) is 3.48. The van der Waals surface area contributed by atoms with Crippen molar-refractivity contribution >= 4 is 35.1 Å². The van der Waals surface area contributed by atoms with Gasteiger partial charge in [0.25, 0.3) is 0 Å². The van der Waals surface area contributed by atoms with Gasteiger partial charge in [-0.3, -0.25) is 14.4 Å². The van der Waals surface area contributed by atoms with E-state index in [0.29, 0.717) is 12.1 Å². The molecule has 26 heavy (non-hydrogen) atoms. The van der Waals surface area contributed by atoms with Crippen LogP contribution >= 0.6 is 11.8 Å². The third-order valence-electron chi connectivity index (χ3n) is 3.39. The summed E-state index contributed by atoms with van der Waals surface area (Å²) in [5, 5.41) is 2.85. The van der Waals surface area contributed by atoms with E-state index in [2.05, 4.69) is 5.32 Å². The van der Waals surface area contributed by atoms with Crippen LogP contribution in [0.4, 0.5) is 5.69 Å². The van der Waals surface area contributed by atoms with Crippen molar-refractivity contribution in [1.82, 2.24) is 0 Å². The van der Waals surface area contributed by atoms with Crippen LogP contribution in [-0.2, 0) is 25.5 Å². The molecule has 0 unspecified atom stereocenters. The molecule has 0 bridgehead atoms. The van der Waals surface area contributed by atoms with Gasteiger partial charge < -0.3 is 10.1 Å². The minimum absolute atomic E-state index is 0.0822. The number of esters is 1. The maximum atomic E-state index is 12.0. The second kappa shape index (κ2) is 10.4.